The van der Waals surface area contributed by atoms with Gasteiger partial charge in [-0.1, -0.05) is 17.3 Å². The lowest BCUT2D eigenvalue weighted by Crippen LogP contribution is -1.86. The Hall–Kier alpha value is -2.43. The molecule has 5 heteroatoms. The summed E-state index contributed by atoms with van der Waals surface area (Å²) >= 11 is 0. The van der Waals surface area contributed by atoms with Crippen molar-refractivity contribution in [2.75, 3.05) is 0 Å². The van der Waals surface area contributed by atoms with Crippen LogP contribution in [0.1, 0.15) is 5.56 Å². The molecule has 0 bridgehead atoms. The average molecular weight is 247 g/mol. The lowest BCUT2D eigenvalue weighted by atomic mass is 10.0. The number of phenols is 2. The number of aromatic hydroxyl groups is 2. The highest BCUT2D eigenvalue weighted by atomic mass is 19.1. The van der Waals surface area contributed by atoms with E-state index in [0.29, 0.717) is 16.7 Å². The topological polar surface area (TPSA) is 69.9 Å². The lowest BCUT2D eigenvalue weighted by molar-refractivity contribution is 0.432. The Morgan fingerprint density at radius 1 is 1.00 bits per heavy atom. The molecule has 0 unspecified atom stereocenters. The van der Waals surface area contributed by atoms with E-state index in [1.165, 1.54) is 18.2 Å². The van der Waals surface area contributed by atoms with Gasteiger partial charge in [0.1, 0.15) is 12.3 Å². The lowest BCUT2D eigenvalue weighted by Gasteiger charge is -2.06. The molecule has 0 aliphatic carbocycles. The summed E-state index contributed by atoms with van der Waals surface area (Å²) < 4.78 is 13.2. The molecule has 0 spiro atoms. The van der Waals surface area contributed by atoms with E-state index in [1.807, 2.05) is 0 Å². The van der Waals surface area contributed by atoms with Crippen molar-refractivity contribution in [3.05, 3.63) is 52.7 Å². The fourth-order valence-corrected chi connectivity index (χ4v) is 1.65. The SMILES string of the molecule is O=NCc1cc(-c2ccc(O)c(F)c2)ccc1O. The summed E-state index contributed by atoms with van der Waals surface area (Å²) in [7, 11) is 0. The monoisotopic (exact) mass is 247 g/mol. The second-order valence-electron chi connectivity index (χ2n) is 3.80. The maximum absolute atomic E-state index is 13.2. The van der Waals surface area contributed by atoms with E-state index in [-0.39, 0.29) is 12.3 Å². The van der Waals surface area contributed by atoms with Crippen LogP contribution >= 0.6 is 0 Å². The zero-order valence-corrected chi connectivity index (χ0v) is 9.30. The van der Waals surface area contributed by atoms with Crippen LogP contribution in [0.15, 0.2) is 41.6 Å². The molecule has 0 amide bonds. The molecular weight excluding hydrogens is 237 g/mol. The van der Waals surface area contributed by atoms with Gasteiger partial charge in [-0.15, -0.1) is 0 Å². The molecule has 2 rings (SSSR count). The number of halogens is 1. The Morgan fingerprint density at radius 2 is 1.61 bits per heavy atom. The zero-order chi connectivity index (χ0) is 13.1. The minimum absolute atomic E-state index is 0.0300. The fraction of sp³-hybridized carbons (Fsp3) is 0.0769. The van der Waals surface area contributed by atoms with Crippen molar-refractivity contribution in [3.8, 4) is 22.6 Å². The van der Waals surface area contributed by atoms with E-state index < -0.39 is 11.6 Å². The summed E-state index contributed by atoms with van der Waals surface area (Å²) in [5, 5.41) is 21.3. The number of benzene rings is 2. The van der Waals surface area contributed by atoms with Crippen molar-refractivity contribution < 1.29 is 14.6 Å². The Bertz CT molecular complexity index is 599. The molecule has 0 radical (unpaired) electrons. The number of phenolic OH excluding ortho intramolecular Hbond substituents is 2. The molecular formula is C13H10FNO3. The first-order valence-electron chi connectivity index (χ1n) is 5.21. The van der Waals surface area contributed by atoms with Crippen LogP contribution < -0.4 is 0 Å². The van der Waals surface area contributed by atoms with Crippen molar-refractivity contribution >= 4 is 0 Å². The van der Waals surface area contributed by atoms with Gasteiger partial charge in [0, 0.05) is 5.56 Å². The van der Waals surface area contributed by atoms with E-state index in [4.69, 9.17) is 5.11 Å². The van der Waals surface area contributed by atoms with Crippen LogP contribution in [0, 0.1) is 10.7 Å². The first kappa shape index (κ1) is 12.0. The van der Waals surface area contributed by atoms with Gasteiger partial charge in [0.25, 0.3) is 0 Å². The quantitative estimate of drug-likeness (QED) is 0.818. The van der Waals surface area contributed by atoms with Gasteiger partial charge < -0.3 is 10.2 Å². The molecule has 2 N–H and O–H groups in total. The summed E-state index contributed by atoms with van der Waals surface area (Å²) in [6, 6.07) is 8.54. The normalized spacial score (nSPS) is 10.3. The molecule has 18 heavy (non-hydrogen) atoms. The minimum Gasteiger partial charge on any atom is -0.508 e. The predicted octanol–water partition coefficient (Wildman–Crippen LogP) is 3.17. The first-order chi connectivity index (χ1) is 8.61. The highest BCUT2D eigenvalue weighted by Crippen LogP contribution is 2.28. The van der Waals surface area contributed by atoms with Gasteiger partial charge in [-0.25, -0.2) is 4.39 Å². The number of rotatable bonds is 3. The van der Waals surface area contributed by atoms with Gasteiger partial charge in [0.05, 0.1) is 0 Å². The van der Waals surface area contributed by atoms with E-state index in [1.54, 1.807) is 18.2 Å². The van der Waals surface area contributed by atoms with E-state index in [0.717, 1.165) is 0 Å². The molecule has 0 aromatic heterocycles. The second-order valence-corrected chi connectivity index (χ2v) is 3.80. The zero-order valence-electron chi connectivity index (χ0n) is 9.30. The summed E-state index contributed by atoms with van der Waals surface area (Å²) in [6.45, 7) is -0.153. The molecule has 92 valence electrons. The summed E-state index contributed by atoms with van der Waals surface area (Å²) in [4.78, 5) is 10.2. The third-order valence-electron chi connectivity index (χ3n) is 2.60. The largest absolute Gasteiger partial charge is 0.508 e. The Balaban J connectivity index is 2.47. The van der Waals surface area contributed by atoms with Crippen LogP contribution in [0.5, 0.6) is 11.5 Å². The Morgan fingerprint density at radius 3 is 2.22 bits per heavy atom. The second kappa shape index (κ2) is 4.83. The third-order valence-corrected chi connectivity index (χ3v) is 2.60. The van der Waals surface area contributed by atoms with E-state index in [2.05, 4.69) is 5.18 Å². The smallest absolute Gasteiger partial charge is 0.165 e. The first-order valence-corrected chi connectivity index (χ1v) is 5.21. The van der Waals surface area contributed by atoms with Crippen molar-refractivity contribution in [1.82, 2.24) is 0 Å². The minimum atomic E-state index is -0.726. The summed E-state index contributed by atoms with van der Waals surface area (Å²) in [5.41, 5.74) is 1.54. The molecule has 0 saturated carbocycles. The molecule has 2 aromatic carbocycles. The molecule has 2 aromatic rings. The van der Waals surface area contributed by atoms with Gasteiger partial charge >= 0.3 is 0 Å². The highest BCUT2D eigenvalue weighted by molar-refractivity contribution is 5.66. The van der Waals surface area contributed by atoms with Crippen molar-refractivity contribution in [2.24, 2.45) is 5.18 Å². The van der Waals surface area contributed by atoms with Gasteiger partial charge in [0.15, 0.2) is 11.6 Å². The van der Waals surface area contributed by atoms with Gasteiger partial charge in [-0.05, 0) is 35.4 Å². The standard InChI is InChI=1S/C13H10FNO3/c14-11-6-9(2-4-13(11)17)8-1-3-12(16)10(5-8)7-15-18/h1-6,16-17H,7H2. The van der Waals surface area contributed by atoms with Crippen molar-refractivity contribution in [1.29, 1.82) is 0 Å². The third kappa shape index (κ3) is 2.29. The van der Waals surface area contributed by atoms with Crippen LogP contribution in [0.4, 0.5) is 4.39 Å². The van der Waals surface area contributed by atoms with Crippen LogP contribution in [-0.2, 0) is 6.54 Å². The van der Waals surface area contributed by atoms with Crippen LogP contribution in [0.2, 0.25) is 0 Å². The number of nitrogens with zero attached hydrogens (tertiary/aromatic N) is 1. The summed E-state index contributed by atoms with van der Waals surface area (Å²) in [5.74, 6) is -1.18. The number of hydrogen-bond donors (Lipinski definition) is 2. The van der Waals surface area contributed by atoms with Gasteiger partial charge in [0.2, 0.25) is 0 Å². The van der Waals surface area contributed by atoms with Crippen LogP contribution in [0.25, 0.3) is 11.1 Å². The van der Waals surface area contributed by atoms with Crippen LogP contribution in [0.3, 0.4) is 0 Å². The Kier molecular flexibility index (Phi) is 3.23. The van der Waals surface area contributed by atoms with Crippen LogP contribution in [-0.4, -0.2) is 10.2 Å². The van der Waals surface area contributed by atoms with Crippen molar-refractivity contribution in [2.45, 2.75) is 6.54 Å². The van der Waals surface area contributed by atoms with E-state index >= 15 is 0 Å². The van der Waals surface area contributed by atoms with Gasteiger partial charge in [-0.2, -0.15) is 4.91 Å². The molecule has 0 aliphatic heterocycles. The number of hydrogen-bond acceptors (Lipinski definition) is 4. The molecule has 0 aliphatic rings. The average Bonchev–Trinajstić information content (AvgIpc) is 2.36. The molecule has 0 fully saturated rings. The highest BCUT2D eigenvalue weighted by Gasteiger charge is 2.07. The predicted molar refractivity (Wildman–Crippen MR) is 64.7 cm³/mol. The molecule has 0 atom stereocenters. The summed E-state index contributed by atoms with van der Waals surface area (Å²) in [6.07, 6.45) is 0. The molecule has 0 saturated heterocycles. The maximum atomic E-state index is 13.2. The fourth-order valence-electron chi connectivity index (χ4n) is 1.65. The van der Waals surface area contributed by atoms with E-state index in [9.17, 15) is 14.4 Å². The Labute approximate surface area is 102 Å². The molecule has 4 nitrogen and oxygen atoms in total. The van der Waals surface area contributed by atoms with Gasteiger partial charge in [-0.3, -0.25) is 0 Å². The number of nitroso groups, excluding NO2 is 1. The van der Waals surface area contributed by atoms with Crippen molar-refractivity contribution in [3.63, 3.8) is 0 Å². The maximum Gasteiger partial charge on any atom is 0.165 e. The molecule has 0 heterocycles.